The van der Waals surface area contributed by atoms with Gasteiger partial charge in [0.15, 0.2) is 0 Å². The van der Waals surface area contributed by atoms with E-state index in [1.807, 2.05) is 0 Å². The number of nitrogens with one attached hydrogen (secondary N) is 1. The Morgan fingerprint density at radius 3 is 2.50 bits per heavy atom. The molecule has 18 heavy (non-hydrogen) atoms. The van der Waals surface area contributed by atoms with Crippen molar-refractivity contribution in [3.8, 4) is 0 Å². The lowest BCUT2D eigenvalue weighted by atomic mass is 9.57. The summed E-state index contributed by atoms with van der Waals surface area (Å²) in [6, 6.07) is 0.832. The van der Waals surface area contributed by atoms with Crippen LogP contribution in [-0.4, -0.2) is 50.3 Å². The first-order chi connectivity index (χ1) is 8.89. The molecule has 2 saturated carbocycles. The summed E-state index contributed by atoms with van der Waals surface area (Å²) in [6.45, 7) is 6.47. The van der Waals surface area contributed by atoms with E-state index < -0.39 is 0 Å². The van der Waals surface area contributed by atoms with Crippen molar-refractivity contribution in [3.63, 3.8) is 0 Å². The third kappa shape index (κ3) is 2.73. The molecule has 0 aromatic heterocycles. The Kier molecular flexibility index (Phi) is 4.22. The minimum Gasteiger partial charge on any atom is -0.379 e. The maximum Gasteiger partial charge on any atom is 0.0594 e. The van der Waals surface area contributed by atoms with Gasteiger partial charge in [-0.05, 0) is 31.1 Å². The van der Waals surface area contributed by atoms with Crippen LogP contribution in [0.15, 0.2) is 0 Å². The van der Waals surface area contributed by atoms with Crippen molar-refractivity contribution in [3.05, 3.63) is 0 Å². The second-order valence-corrected chi connectivity index (χ2v) is 6.42. The second-order valence-electron chi connectivity index (χ2n) is 6.42. The molecule has 2 aliphatic carbocycles. The van der Waals surface area contributed by atoms with E-state index in [4.69, 9.17) is 4.74 Å². The molecular formula is C15H28N2O. The van der Waals surface area contributed by atoms with Crippen LogP contribution in [0.3, 0.4) is 0 Å². The van der Waals surface area contributed by atoms with Crippen molar-refractivity contribution in [1.29, 1.82) is 0 Å². The summed E-state index contributed by atoms with van der Waals surface area (Å²) in [5, 5.41) is 3.84. The molecular weight excluding hydrogens is 224 g/mol. The molecule has 104 valence electrons. The fourth-order valence-corrected chi connectivity index (χ4v) is 4.09. The first-order valence-corrected chi connectivity index (χ1v) is 7.93. The first-order valence-electron chi connectivity index (χ1n) is 7.93. The summed E-state index contributed by atoms with van der Waals surface area (Å²) in [4.78, 5) is 2.53. The van der Waals surface area contributed by atoms with Crippen molar-refractivity contribution in [2.45, 2.75) is 51.0 Å². The van der Waals surface area contributed by atoms with Crippen molar-refractivity contribution in [1.82, 2.24) is 10.2 Å². The second kappa shape index (κ2) is 5.89. The molecule has 0 radical (unpaired) electrons. The average molecular weight is 252 g/mol. The molecule has 1 unspecified atom stereocenters. The summed E-state index contributed by atoms with van der Waals surface area (Å²) < 4.78 is 5.39. The number of rotatable bonds is 4. The lowest BCUT2D eigenvalue weighted by Crippen LogP contribution is -2.55. The van der Waals surface area contributed by atoms with Crippen molar-refractivity contribution < 1.29 is 4.74 Å². The summed E-state index contributed by atoms with van der Waals surface area (Å²) in [7, 11) is 0. The predicted octanol–water partition coefficient (Wildman–Crippen LogP) is 2.02. The molecule has 1 spiro atoms. The minimum absolute atomic E-state index is 0.712. The first kappa shape index (κ1) is 12.9. The Balaban J connectivity index is 1.37. The van der Waals surface area contributed by atoms with E-state index in [0.29, 0.717) is 5.41 Å². The van der Waals surface area contributed by atoms with Crippen molar-refractivity contribution in [2.24, 2.45) is 5.41 Å². The van der Waals surface area contributed by atoms with Crippen LogP contribution >= 0.6 is 0 Å². The van der Waals surface area contributed by atoms with Gasteiger partial charge >= 0.3 is 0 Å². The Hall–Kier alpha value is -0.120. The highest BCUT2D eigenvalue weighted by Crippen LogP contribution is 2.51. The van der Waals surface area contributed by atoms with E-state index in [0.717, 1.165) is 32.3 Å². The largest absolute Gasteiger partial charge is 0.379 e. The monoisotopic (exact) mass is 252 g/mol. The number of nitrogens with zero attached hydrogens (tertiary/aromatic N) is 1. The molecule has 1 heterocycles. The Morgan fingerprint density at radius 1 is 1.06 bits per heavy atom. The molecule has 1 N–H and O–H groups in total. The van der Waals surface area contributed by atoms with Gasteiger partial charge in [0.05, 0.1) is 13.2 Å². The number of hydrogen-bond donors (Lipinski definition) is 1. The number of morpholine rings is 1. The van der Waals surface area contributed by atoms with Crippen molar-refractivity contribution >= 4 is 0 Å². The zero-order valence-corrected chi connectivity index (χ0v) is 11.6. The van der Waals surface area contributed by atoms with Crippen LogP contribution in [0.1, 0.15) is 44.9 Å². The quantitative estimate of drug-likeness (QED) is 0.828. The standard InChI is InChI=1S/C15H28N2O/c1-2-5-15(6-3-1)7-4-14(15)16-8-9-17-10-12-18-13-11-17/h14,16H,1-13H2. The van der Waals surface area contributed by atoms with Crippen LogP contribution in [0.4, 0.5) is 0 Å². The normalized spacial score (nSPS) is 32.3. The van der Waals surface area contributed by atoms with Gasteiger partial charge < -0.3 is 10.1 Å². The fourth-order valence-electron chi connectivity index (χ4n) is 4.09. The summed E-state index contributed by atoms with van der Waals surface area (Å²) >= 11 is 0. The molecule has 0 amide bonds. The molecule has 0 bridgehead atoms. The number of ether oxygens (including phenoxy) is 1. The Bertz CT molecular complexity index is 257. The predicted molar refractivity (Wildman–Crippen MR) is 73.8 cm³/mol. The zero-order chi connectivity index (χ0) is 12.3. The van der Waals surface area contributed by atoms with Gasteiger partial charge in [-0.15, -0.1) is 0 Å². The molecule has 1 aliphatic heterocycles. The van der Waals surface area contributed by atoms with E-state index in [1.54, 1.807) is 0 Å². The summed E-state index contributed by atoms with van der Waals surface area (Å²) in [5.74, 6) is 0. The lowest BCUT2D eigenvalue weighted by molar-refractivity contribution is 0.0150. The van der Waals surface area contributed by atoms with E-state index in [2.05, 4.69) is 10.2 Å². The van der Waals surface area contributed by atoms with Gasteiger partial charge in [-0.25, -0.2) is 0 Å². The molecule has 3 heteroatoms. The maximum atomic E-state index is 5.39. The van der Waals surface area contributed by atoms with Crippen LogP contribution < -0.4 is 5.32 Å². The highest BCUT2D eigenvalue weighted by atomic mass is 16.5. The smallest absolute Gasteiger partial charge is 0.0594 e. The van der Waals surface area contributed by atoms with Crippen LogP contribution in [0, 0.1) is 5.41 Å². The van der Waals surface area contributed by atoms with Crippen LogP contribution in [0.25, 0.3) is 0 Å². The third-order valence-corrected chi connectivity index (χ3v) is 5.44. The van der Waals surface area contributed by atoms with Gasteiger partial charge in [-0.1, -0.05) is 19.3 Å². The summed E-state index contributed by atoms with van der Waals surface area (Å²) in [5.41, 5.74) is 0.712. The van der Waals surface area contributed by atoms with E-state index in [-0.39, 0.29) is 0 Å². The Morgan fingerprint density at radius 2 is 1.83 bits per heavy atom. The molecule has 1 saturated heterocycles. The van der Waals surface area contributed by atoms with Crippen LogP contribution in [0.5, 0.6) is 0 Å². The average Bonchev–Trinajstić information content (AvgIpc) is 2.44. The van der Waals surface area contributed by atoms with Crippen molar-refractivity contribution in [2.75, 3.05) is 39.4 Å². The molecule has 0 aromatic carbocycles. The van der Waals surface area contributed by atoms with Gasteiger partial charge in [0.25, 0.3) is 0 Å². The van der Waals surface area contributed by atoms with Gasteiger partial charge in [0.1, 0.15) is 0 Å². The highest BCUT2D eigenvalue weighted by Gasteiger charge is 2.46. The van der Waals surface area contributed by atoms with Gasteiger partial charge in [-0.2, -0.15) is 0 Å². The van der Waals surface area contributed by atoms with E-state index in [9.17, 15) is 0 Å². The highest BCUT2D eigenvalue weighted by molar-refractivity contribution is 5.01. The molecule has 3 nitrogen and oxygen atoms in total. The third-order valence-electron chi connectivity index (χ3n) is 5.44. The Labute approximate surface area is 111 Å². The minimum atomic E-state index is 0.712. The maximum absolute atomic E-state index is 5.39. The van der Waals surface area contributed by atoms with Crippen LogP contribution in [-0.2, 0) is 4.74 Å². The molecule has 3 fully saturated rings. The topological polar surface area (TPSA) is 24.5 Å². The number of hydrogen-bond acceptors (Lipinski definition) is 3. The summed E-state index contributed by atoms with van der Waals surface area (Å²) in [6.07, 6.45) is 10.3. The lowest BCUT2D eigenvalue weighted by Gasteiger charge is -2.52. The molecule has 3 aliphatic rings. The van der Waals surface area contributed by atoms with Gasteiger partial charge in [0, 0.05) is 32.2 Å². The van der Waals surface area contributed by atoms with Crippen LogP contribution in [0.2, 0.25) is 0 Å². The molecule has 3 rings (SSSR count). The SMILES string of the molecule is C1CCC2(CC1)CCC2NCCN1CCOCC1. The van der Waals surface area contributed by atoms with E-state index in [1.165, 1.54) is 58.0 Å². The van der Waals surface area contributed by atoms with Gasteiger partial charge in [-0.3, -0.25) is 4.90 Å². The molecule has 1 atom stereocenters. The van der Waals surface area contributed by atoms with E-state index >= 15 is 0 Å². The van der Waals surface area contributed by atoms with Gasteiger partial charge in [0.2, 0.25) is 0 Å². The fraction of sp³-hybridized carbons (Fsp3) is 1.00. The zero-order valence-electron chi connectivity index (χ0n) is 11.6. The molecule has 0 aromatic rings.